The first-order valence-corrected chi connectivity index (χ1v) is 13.8. The van der Waals surface area contributed by atoms with Gasteiger partial charge in [-0.1, -0.05) is 17.7 Å². The molecule has 0 radical (unpaired) electrons. The van der Waals surface area contributed by atoms with Gasteiger partial charge in [0.25, 0.3) is 5.91 Å². The van der Waals surface area contributed by atoms with Gasteiger partial charge in [0.1, 0.15) is 5.60 Å². The van der Waals surface area contributed by atoms with Gasteiger partial charge in [-0.2, -0.15) is 5.10 Å². The quantitative estimate of drug-likeness (QED) is 0.378. The number of likely N-dealkylation sites (tertiary alicyclic amines) is 1. The average molecular weight is 569 g/mol. The van der Waals surface area contributed by atoms with E-state index < -0.39 is 5.60 Å². The molecule has 3 aromatic rings. The number of nitrogens with one attached hydrogen (secondary N) is 1. The SMILES string of the molecule is COc1ccc(CCNC(=O)c2cnn(-c3ccc(Cl)cc3)c2C2CCN(C(=O)OC(C)(C)C)CC2)cc1OC. The molecule has 9 nitrogen and oxygen atoms in total. The van der Waals surface area contributed by atoms with Crippen LogP contribution in [0.3, 0.4) is 0 Å². The van der Waals surface area contributed by atoms with E-state index in [4.69, 9.17) is 25.8 Å². The highest BCUT2D eigenvalue weighted by atomic mass is 35.5. The number of carbonyl (C=O) groups excluding carboxylic acids is 2. The molecule has 214 valence electrons. The number of methoxy groups -OCH3 is 2. The third-order valence-electron chi connectivity index (χ3n) is 6.80. The Morgan fingerprint density at radius 2 is 1.70 bits per heavy atom. The summed E-state index contributed by atoms with van der Waals surface area (Å²) >= 11 is 6.12. The third-order valence-corrected chi connectivity index (χ3v) is 7.05. The molecule has 0 spiro atoms. The Balaban J connectivity index is 1.51. The Morgan fingerprint density at radius 1 is 1.02 bits per heavy atom. The fourth-order valence-electron chi connectivity index (χ4n) is 4.83. The first-order valence-electron chi connectivity index (χ1n) is 13.4. The van der Waals surface area contributed by atoms with Crippen LogP contribution < -0.4 is 14.8 Å². The highest BCUT2D eigenvalue weighted by molar-refractivity contribution is 6.30. The number of halogens is 1. The van der Waals surface area contributed by atoms with Gasteiger partial charge in [-0.05, 0) is 82.0 Å². The van der Waals surface area contributed by atoms with Crippen molar-refractivity contribution in [2.24, 2.45) is 0 Å². The normalized spacial score (nSPS) is 14.1. The van der Waals surface area contributed by atoms with Crippen LogP contribution in [0.25, 0.3) is 5.69 Å². The Bertz CT molecular complexity index is 1320. The summed E-state index contributed by atoms with van der Waals surface area (Å²) in [6, 6.07) is 13.1. The molecule has 0 saturated carbocycles. The van der Waals surface area contributed by atoms with Crippen molar-refractivity contribution < 1.29 is 23.8 Å². The van der Waals surface area contributed by atoms with E-state index in [-0.39, 0.29) is 17.9 Å². The predicted octanol–water partition coefficient (Wildman–Crippen LogP) is 5.63. The van der Waals surface area contributed by atoms with E-state index in [2.05, 4.69) is 10.4 Å². The summed E-state index contributed by atoms with van der Waals surface area (Å²) < 4.78 is 18.1. The van der Waals surface area contributed by atoms with Crippen LogP contribution in [0.15, 0.2) is 48.7 Å². The summed E-state index contributed by atoms with van der Waals surface area (Å²) in [4.78, 5) is 27.8. The van der Waals surface area contributed by atoms with Crippen LogP contribution in [0.4, 0.5) is 4.79 Å². The largest absolute Gasteiger partial charge is 0.493 e. The molecule has 1 aliphatic heterocycles. The fourth-order valence-corrected chi connectivity index (χ4v) is 4.95. The monoisotopic (exact) mass is 568 g/mol. The lowest BCUT2D eigenvalue weighted by atomic mass is 9.91. The first kappa shape index (κ1) is 29.3. The van der Waals surface area contributed by atoms with Crippen molar-refractivity contribution in [2.75, 3.05) is 33.9 Å². The topological polar surface area (TPSA) is 94.9 Å². The predicted molar refractivity (Wildman–Crippen MR) is 154 cm³/mol. The minimum Gasteiger partial charge on any atom is -0.493 e. The molecule has 0 bridgehead atoms. The van der Waals surface area contributed by atoms with Gasteiger partial charge in [0, 0.05) is 30.6 Å². The molecule has 0 atom stereocenters. The van der Waals surface area contributed by atoms with E-state index in [1.165, 1.54) is 0 Å². The highest BCUT2D eigenvalue weighted by Gasteiger charge is 2.32. The number of nitrogens with zero attached hydrogens (tertiary/aromatic N) is 3. The molecule has 1 aromatic heterocycles. The van der Waals surface area contributed by atoms with E-state index in [1.54, 1.807) is 37.4 Å². The lowest BCUT2D eigenvalue weighted by Gasteiger charge is -2.34. The van der Waals surface area contributed by atoms with Crippen molar-refractivity contribution in [2.45, 2.75) is 51.6 Å². The second-order valence-electron chi connectivity index (χ2n) is 10.8. The van der Waals surface area contributed by atoms with Crippen molar-refractivity contribution in [3.05, 3.63) is 70.5 Å². The molecule has 0 unspecified atom stereocenters. The molecule has 40 heavy (non-hydrogen) atoms. The zero-order valence-corrected chi connectivity index (χ0v) is 24.5. The summed E-state index contributed by atoms with van der Waals surface area (Å²) in [5.41, 5.74) is 2.64. The van der Waals surface area contributed by atoms with Gasteiger partial charge in [0.05, 0.1) is 37.4 Å². The number of carbonyl (C=O) groups is 2. The standard InChI is InChI=1S/C30H37ClN4O5/c1-30(2,3)40-29(37)34-16-13-21(14-17-34)27-24(19-33-35(27)23-9-7-22(31)8-10-23)28(36)32-15-12-20-6-11-25(38-4)26(18-20)39-5/h6-11,18-19,21H,12-17H2,1-5H3,(H,32,36). The Labute approximate surface area is 240 Å². The number of piperidine rings is 1. The van der Waals surface area contributed by atoms with E-state index in [1.807, 2.05) is 55.8 Å². The zero-order chi connectivity index (χ0) is 28.9. The molecule has 1 aliphatic rings. The van der Waals surface area contributed by atoms with Gasteiger partial charge in [-0.15, -0.1) is 0 Å². The van der Waals surface area contributed by atoms with Crippen LogP contribution in [-0.4, -0.2) is 66.1 Å². The van der Waals surface area contributed by atoms with Crippen LogP contribution >= 0.6 is 11.6 Å². The zero-order valence-electron chi connectivity index (χ0n) is 23.7. The molecular weight excluding hydrogens is 532 g/mol. The van der Waals surface area contributed by atoms with Crippen molar-refractivity contribution in [3.8, 4) is 17.2 Å². The van der Waals surface area contributed by atoms with E-state index >= 15 is 0 Å². The Kier molecular flexibility index (Phi) is 9.25. The number of hydrogen-bond acceptors (Lipinski definition) is 6. The van der Waals surface area contributed by atoms with Gasteiger partial charge in [0.15, 0.2) is 11.5 Å². The highest BCUT2D eigenvalue weighted by Crippen LogP contribution is 2.33. The molecule has 1 N–H and O–H groups in total. The Morgan fingerprint density at radius 3 is 2.33 bits per heavy atom. The van der Waals surface area contributed by atoms with E-state index in [0.717, 1.165) is 16.9 Å². The maximum atomic E-state index is 13.4. The van der Waals surface area contributed by atoms with Crippen molar-refractivity contribution in [1.82, 2.24) is 20.0 Å². The first-order chi connectivity index (χ1) is 19.1. The van der Waals surface area contributed by atoms with Gasteiger partial charge in [0.2, 0.25) is 0 Å². The molecule has 2 amide bonds. The minimum absolute atomic E-state index is 0.0310. The summed E-state index contributed by atoms with van der Waals surface area (Å²) in [7, 11) is 3.20. The molecular formula is C30H37ClN4O5. The molecule has 4 rings (SSSR count). The summed E-state index contributed by atoms with van der Waals surface area (Å²) in [5.74, 6) is 1.15. The third kappa shape index (κ3) is 7.07. The van der Waals surface area contributed by atoms with Crippen molar-refractivity contribution >= 4 is 23.6 Å². The molecule has 0 aliphatic carbocycles. The van der Waals surface area contributed by atoms with Crippen LogP contribution in [0.2, 0.25) is 5.02 Å². The smallest absolute Gasteiger partial charge is 0.410 e. The van der Waals surface area contributed by atoms with Crippen molar-refractivity contribution in [3.63, 3.8) is 0 Å². The molecule has 10 heteroatoms. The Hall–Kier alpha value is -3.72. The lowest BCUT2D eigenvalue weighted by molar-refractivity contribution is 0.0203. The lowest BCUT2D eigenvalue weighted by Crippen LogP contribution is -2.41. The second-order valence-corrected chi connectivity index (χ2v) is 11.2. The number of amides is 2. The number of benzene rings is 2. The van der Waals surface area contributed by atoms with Gasteiger partial charge in [-0.3, -0.25) is 4.79 Å². The maximum Gasteiger partial charge on any atom is 0.410 e. The second kappa shape index (κ2) is 12.6. The number of hydrogen-bond donors (Lipinski definition) is 1. The van der Waals surface area contributed by atoms with E-state index in [9.17, 15) is 9.59 Å². The van der Waals surface area contributed by atoms with Crippen LogP contribution in [0, 0.1) is 0 Å². The van der Waals surface area contributed by atoms with Gasteiger partial charge in [-0.25, -0.2) is 9.48 Å². The molecule has 1 fully saturated rings. The van der Waals surface area contributed by atoms with Gasteiger partial charge >= 0.3 is 6.09 Å². The number of aromatic nitrogens is 2. The minimum atomic E-state index is -0.552. The summed E-state index contributed by atoms with van der Waals surface area (Å²) in [5, 5.41) is 8.27. The average Bonchev–Trinajstić information content (AvgIpc) is 3.38. The number of rotatable bonds is 8. The van der Waals surface area contributed by atoms with E-state index in [0.29, 0.717) is 61.0 Å². The van der Waals surface area contributed by atoms with Crippen molar-refractivity contribution in [1.29, 1.82) is 0 Å². The molecule has 1 saturated heterocycles. The van der Waals surface area contributed by atoms with Crippen LogP contribution in [0.5, 0.6) is 11.5 Å². The summed E-state index contributed by atoms with van der Waals surface area (Å²) in [6.07, 6.45) is 3.30. The van der Waals surface area contributed by atoms with Gasteiger partial charge < -0.3 is 24.4 Å². The molecule has 2 heterocycles. The number of ether oxygens (including phenoxy) is 3. The maximum absolute atomic E-state index is 13.4. The van der Waals surface area contributed by atoms with Crippen LogP contribution in [-0.2, 0) is 11.2 Å². The fraction of sp³-hybridized carbons (Fsp3) is 0.433. The molecule has 2 aromatic carbocycles. The van der Waals surface area contributed by atoms with Crippen LogP contribution in [0.1, 0.15) is 61.1 Å². The summed E-state index contributed by atoms with van der Waals surface area (Å²) in [6.45, 7) is 7.09.